The van der Waals surface area contributed by atoms with E-state index < -0.39 is 11.4 Å². The van der Waals surface area contributed by atoms with Gasteiger partial charge in [-0.2, -0.15) is 4.98 Å². The third kappa shape index (κ3) is 2.34. The van der Waals surface area contributed by atoms with E-state index in [1.807, 2.05) is 0 Å². The van der Waals surface area contributed by atoms with Crippen LogP contribution in [0.3, 0.4) is 0 Å². The minimum absolute atomic E-state index is 0.262. The van der Waals surface area contributed by atoms with Crippen molar-refractivity contribution in [1.82, 2.24) is 14.7 Å². The molecule has 20 heavy (non-hydrogen) atoms. The summed E-state index contributed by atoms with van der Waals surface area (Å²) in [6, 6.07) is 1.30. The molecule has 2 heterocycles. The molecule has 0 aliphatic heterocycles. The highest BCUT2D eigenvalue weighted by atomic mass is 16.5. The molecule has 1 N–H and O–H groups in total. The third-order valence-electron chi connectivity index (χ3n) is 3.30. The average molecular weight is 275 g/mol. The predicted molar refractivity (Wildman–Crippen MR) is 67.8 cm³/mol. The first-order chi connectivity index (χ1) is 9.54. The van der Waals surface area contributed by atoms with Gasteiger partial charge in [-0.3, -0.25) is 4.79 Å². The molecule has 0 unspecified atom stereocenters. The Morgan fingerprint density at radius 2 is 2.30 bits per heavy atom. The van der Waals surface area contributed by atoms with Crippen molar-refractivity contribution in [2.24, 2.45) is 0 Å². The van der Waals surface area contributed by atoms with Crippen LogP contribution in [0.25, 0.3) is 0 Å². The zero-order valence-corrected chi connectivity index (χ0v) is 10.9. The molecule has 1 aliphatic rings. The van der Waals surface area contributed by atoms with Gasteiger partial charge in [-0.1, -0.05) is 5.16 Å². The molecule has 0 bridgehead atoms. The van der Waals surface area contributed by atoms with Gasteiger partial charge in [-0.05, 0) is 19.8 Å². The number of carbonyl (C=O) groups is 1. The molecule has 1 aliphatic carbocycles. The molecule has 0 saturated heterocycles. The highest BCUT2D eigenvalue weighted by molar-refractivity contribution is 5.87. The van der Waals surface area contributed by atoms with Gasteiger partial charge < -0.3 is 14.2 Å². The van der Waals surface area contributed by atoms with Crippen LogP contribution in [-0.4, -0.2) is 25.8 Å². The summed E-state index contributed by atoms with van der Waals surface area (Å²) in [4.78, 5) is 26.8. The minimum atomic E-state index is -1.24. The Labute approximate surface area is 113 Å². The summed E-state index contributed by atoms with van der Waals surface area (Å²) in [6.45, 7) is 2.01. The maximum absolute atomic E-state index is 11.5. The topological polar surface area (TPSA) is 98.2 Å². The fraction of sp³-hybridized carbons (Fsp3) is 0.385. The molecule has 2 aromatic rings. The highest BCUT2D eigenvalue weighted by Gasteiger charge is 2.29. The first-order valence-corrected chi connectivity index (χ1v) is 6.31. The fourth-order valence-electron chi connectivity index (χ4n) is 1.98. The van der Waals surface area contributed by atoms with Gasteiger partial charge in [0.2, 0.25) is 5.89 Å². The smallest absolute Gasteiger partial charge is 0.341 e. The van der Waals surface area contributed by atoms with Gasteiger partial charge in [0.15, 0.2) is 11.3 Å². The number of hydrogen-bond acceptors (Lipinski definition) is 5. The zero-order chi connectivity index (χ0) is 14.3. The summed E-state index contributed by atoms with van der Waals surface area (Å²) in [6.07, 6.45) is 3.46. The normalized spacial score (nSPS) is 14.4. The first-order valence-electron chi connectivity index (χ1n) is 6.31. The Bertz CT molecular complexity index is 727. The number of rotatable bonds is 4. The molecule has 0 atom stereocenters. The molecule has 0 amide bonds. The minimum Gasteiger partial charge on any atom is -0.477 e. The molecule has 0 radical (unpaired) electrons. The van der Waals surface area contributed by atoms with E-state index in [2.05, 4.69) is 10.1 Å². The maximum atomic E-state index is 11.5. The Kier molecular flexibility index (Phi) is 2.89. The standard InChI is InChI=1S/C13H13N3O4/c1-7-4-10(17)9(13(18)19)5-16(7)6-11-14-12(20-15-11)8-2-3-8/h4-5,8H,2-3,6H2,1H3,(H,18,19). The van der Waals surface area contributed by atoms with Crippen LogP contribution in [0.5, 0.6) is 0 Å². The summed E-state index contributed by atoms with van der Waals surface area (Å²) >= 11 is 0. The van der Waals surface area contributed by atoms with Crippen LogP contribution in [0.15, 0.2) is 21.6 Å². The van der Waals surface area contributed by atoms with Crippen LogP contribution in [0.2, 0.25) is 0 Å². The van der Waals surface area contributed by atoms with Crippen molar-refractivity contribution in [2.45, 2.75) is 32.2 Å². The van der Waals surface area contributed by atoms with E-state index in [0.29, 0.717) is 23.3 Å². The first kappa shape index (κ1) is 12.6. The molecule has 104 valence electrons. The van der Waals surface area contributed by atoms with E-state index in [1.54, 1.807) is 11.5 Å². The molecule has 3 rings (SSSR count). The van der Waals surface area contributed by atoms with Crippen molar-refractivity contribution in [3.05, 3.63) is 45.5 Å². The second-order valence-corrected chi connectivity index (χ2v) is 4.95. The molecule has 1 saturated carbocycles. The second-order valence-electron chi connectivity index (χ2n) is 4.95. The average Bonchev–Trinajstić information content (AvgIpc) is 3.13. The molecular weight excluding hydrogens is 262 g/mol. The number of carboxylic acids is 1. The number of nitrogens with zero attached hydrogens (tertiary/aromatic N) is 3. The number of pyridine rings is 1. The highest BCUT2D eigenvalue weighted by Crippen LogP contribution is 2.38. The van der Waals surface area contributed by atoms with Crippen LogP contribution < -0.4 is 5.43 Å². The molecule has 7 nitrogen and oxygen atoms in total. The largest absolute Gasteiger partial charge is 0.477 e. The Morgan fingerprint density at radius 3 is 2.95 bits per heavy atom. The number of hydrogen-bond donors (Lipinski definition) is 1. The lowest BCUT2D eigenvalue weighted by Crippen LogP contribution is -2.19. The van der Waals surface area contributed by atoms with Crippen molar-refractivity contribution in [1.29, 1.82) is 0 Å². The van der Waals surface area contributed by atoms with E-state index in [9.17, 15) is 9.59 Å². The van der Waals surface area contributed by atoms with Gasteiger partial charge >= 0.3 is 5.97 Å². The van der Waals surface area contributed by atoms with Crippen molar-refractivity contribution >= 4 is 5.97 Å². The van der Waals surface area contributed by atoms with Crippen LogP contribution in [0, 0.1) is 6.92 Å². The quantitative estimate of drug-likeness (QED) is 0.899. The van der Waals surface area contributed by atoms with Crippen LogP contribution in [0.4, 0.5) is 0 Å². The van der Waals surface area contributed by atoms with Gasteiger partial charge in [-0.15, -0.1) is 0 Å². The summed E-state index contributed by atoms with van der Waals surface area (Å²) in [7, 11) is 0. The van der Waals surface area contributed by atoms with Gasteiger partial charge in [0.25, 0.3) is 0 Å². The number of aryl methyl sites for hydroxylation is 1. The van der Waals surface area contributed by atoms with E-state index in [1.165, 1.54) is 12.3 Å². The van der Waals surface area contributed by atoms with Gasteiger partial charge in [0.05, 0.1) is 6.54 Å². The van der Waals surface area contributed by atoms with Crippen molar-refractivity contribution in [3.8, 4) is 0 Å². The zero-order valence-electron chi connectivity index (χ0n) is 10.9. The predicted octanol–water partition coefficient (Wildman–Crippen LogP) is 1.16. The number of carboxylic acid groups (broad SMARTS) is 1. The summed E-state index contributed by atoms with van der Waals surface area (Å²) in [5.74, 6) is 0.253. The van der Waals surface area contributed by atoms with Crippen molar-refractivity contribution in [2.75, 3.05) is 0 Å². The lowest BCUT2D eigenvalue weighted by molar-refractivity contribution is 0.0694. The number of aromatic nitrogens is 3. The molecule has 1 fully saturated rings. The van der Waals surface area contributed by atoms with Gasteiger partial charge in [0, 0.05) is 23.9 Å². The molecule has 2 aromatic heterocycles. The van der Waals surface area contributed by atoms with E-state index >= 15 is 0 Å². The van der Waals surface area contributed by atoms with Crippen LogP contribution in [0.1, 0.15) is 46.5 Å². The van der Waals surface area contributed by atoms with Gasteiger partial charge in [-0.25, -0.2) is 4.79 Å². The van der Waals surface area contributed by atoms with E-state index in [4.69, 9.17) is 9.63 Å². The Hall–Kier alpha value is -2.44. The van der Waals surface area contributed by atoms with Crippen molar-refractivity contribution < 1.29 is 14.4 Å². The van der Waals surface area contributed by atoms with E-state index in [-0.39, 0.29) is 12.1 Å². The lowest BCUT2D eigenvalue weighted by Gasteiger charge is -2.08. The summed E-state index contributed by atoms with van der Waals surface area (Å²) < 4.78 is 6.78. The van der Waals surface area contributed by atoms with Crippen LogP contribution in [-0.2, 0) is 6.54 Å². The van der Waals surface area contributed by atoms with Gasteiger partial charge in [0.1, 0.15) is 5.56 Å². The number of aromatic carboxylic acids is 1. The maximum Gasteiger partial charge on any atom is 0.341 e. The molecular formula is C13H13N3O4. The third-order valence-corrected chi connectivity index (χ3v) is 3.30. The lowest BCUT2D eigenvalue weighted by atomic mass is 10.2. The van der Waals surface area contributed by atoms with Crippen LogP contribution >= 0.6 is 0 Å². The molecule has 0 spiro atoms. The Morgan fingerprint density at radius 1 is 1.55 bits per heavy atom. The second kappa shape index (κ2) is 4.59. The monoisotopic (exact) mass is 275 g/mol. The van der Waals surface area contributed by atoms with Crippen molar-refractivity contribution in [3.63, 3.8) is 0 Å². The van der Waals surface area contributed by atoms with E-state index in [0.717, 1.165) is 12.8 Å². The Balaban J connectivity index is 1.90. The molecule has 0 aromatic carbocycles. The SMILES string of the molecule is Cc1cc(=O)c(C(=O)O)cn1Cc1noc(C2CC2)n1. The summed E-state index contributed by atoms with van der Waals surface area (Å²) in [5.41, 5.74) is -0.114. The molecule has 7 heteroatoms. The summed E-state index contributed by atoms with van der Waals surface area (Å²) in [5, 5.41) is 12.8. The fourth-order valence-corrected chi connectivity index (χ4v) is 1.98.